The van der Waals surface area contributed by atoms with Gasteiger partial charge in [0, 0.05) is 19.3 Å². The molecule has 0 fully saturated rings. The number of aryl methyl sites for hydroxylation is 1. The predicted octanol–water partition coefficient (Wildman–Crippen LogP) is 1.59. The molecule has 0 aliphatic carbocycles. The summed E-state index contributed by atoms with van der Waals surface area (Å²) in [5.74, 6) is 0.898. The Labute approximate surface area is 177 Å². The zero-order valence-electron chi connectivity index (χ0n) is 15.6. The van der Waals surface area contributed by atoms with E-state index in [2.05, 4.69) is 48.3 Å². The minimum atomic E-state index is -0.490. The van der Waals surface area contributed by atoms with Crippen molar-refractivity contribution in [3.8, 4) is 5.69 Å². The number of H-pyrrole nitrogens is 1. The van der Waals surface area contributed by atoms with Crippen LogP contribution in [0.3, 0.4) is 0 Å². The molecule has 0 bridgehead atoms. The number of aromatic nitrogens is 8. The minimum Gasteiger partial charge on any atom is -0.312 e. The van der Waals surface area contributed by atoms with Crippen LogP contribution in [-0.4, -0.2) is 45.1 Å². The van der Waals surface area contributed by atoms with E-state index in [0.29, 0.717) is 27.6 Å². The van der Waals surface area contributed by atoms with Crippen molar-refractivity contribution in [3.05, 3.63) is 55.9 Å². The Morgan fingerprint density at radius 3 is 2.76 bits per heavy atom. The fourth-order valence-electron chi connectivity index (χ4n) is 2.96. The molecule has 0 radical (unpaired) electrons. The number of tetrazole rings is 1. The van der Waals surface area contributed by atoms with E-state index >= 15 is 0 Å². The normalized spacial score (nSPS) is 12.5. The largest absolute Gasteiger partial charge is 0.329 e. The van der Waals surface area contributed by atoms with Gasteiger partial charge in [0.2, 0.25) is 5.16 Å². The number of nitrogens with zero attached hydrogens (tertiary/aromatic N) is 7. The van der Waals surface area contributed by atoms with E-state index in [1.165, 1.54) is 16.3 Å². The molecule has 0 amide bonds. The fraction of sp³-hybridized carbons (Fsp3) is 0.294. The fourth-order valence-corrected chi connectivity index (χ4v) is 4.34. The number of aromatic amines is 1. The number of fused-ring (bicyclic) bond motifs is 1. The second-order valence-corrected chi connectivity index (χ2v) is 8.30. The average molecular weight is 477 g/mol. The van der Waals surface area contributed by atoms with E-state index in [9.17, 15) is 9.59 Å². The SMILES string of the molecule is CC(CSc1nnnn1-c1ccccc1)Cn1c(Br)nc2c1c(=O)[nH]c(=O)n2C. The number of thioether (sulfide) groups is 1. The molecule has 0 saturated carbocycles. The van der Waals surface area contributed by atoms with Crippen LogP contribution in [0.5, 0.6) is 0 Å². The Morgan fingerprint density at radius 2 is 2.00 bits per heavy atom. The number of halogens is 1. The summed E-state index contributed by atoms with van der Waals surface area (Å²) >= 11 is 4.94. The number of benzene rings is 1. The Kier molecular flexibility index (Phi) is 5.37. The van der Waals surface area contributed by atoms with Gasteiger partial charge in [0.25, 0.3) is 5.56 Å². The van der Waals surface area contributed by atoms with Gasteiger partial charge in [-0.3, -0.25) is 14.3 Å². The third kappa shape index (κ3) is 3.77. The van der Waals surface area contributed by atoms with Crippen molar-refractivity contribution in [2.24, 2.45) is 13.0 Å². The Hall–Kier alpha value is -2.73. The molecule has 1 unspecified atom stereocenters. The first-order valence-electron chi connectivity index (χ1n) is 8.77. The van der Waals surface area contributed by atoms with Crippen molar-refractivity contribution in [1.29, 1.82) is 0 Å². The van der Waals surface area contributed by atoms with Crippen LogP contribution < -0.4 is 11.2 Å². The van der Waals surface area contributed by atoms with E-state index in [1.54, 1.807) is 16.3 Å². The molecule has 3 aromatic heterocycles. The quantitative estimate of drug-likeness (QED) is 0.331. The van der Waals surface area contributed by atoms with Gasteiger partial charge in [0.15, 0.2) is 15.9 Å². The van der Waals surface area contributed by atoms with Crippen LogP contribution in [0.4, 0.5) is 0 Å². The standard InChI is InChI=1S/C17H17BrN8O2S/c1-10(9-29-17-21-22-23-26(17)11-6-4-3-5-7-11)8-25-12-13(19-15(25)18)24(2)16(28)20-14(12)27/h3-7,10H,8-9H2,1-2H3,(H,20,27,28). The molecule has 1 atom stereocenters. The van der Waals surface area contributed by atoms with E-state index in [-0.39, 0.29) is 5.92 Å². The number of rotatable bonds is 6. The molecule has 1 N–H and O–H groups in total. The summed E-state index contributed by atoms with van der Waals surface area (Å²) in [6.45, 7) is 2.61. The van der Waals surface area contributed by atoms with Crippen LogP contribution in [0.2, 0.25) is 0 Å². The van der Waals surface area contributed by atoms with Crippen molar-refractivity contribution in [2.45, 2.75) is 18.6 Å². The van der Waals surface area contributed by atoms with E-state index < -0.39 is 11.2 Å². The van der Waals surface area contributed by atoms with Gasteiger partial charge in [-0.15, -0.1) is 5.10 Å². The van der Waals surface area contributed by atoms with Gasteiger partial charge in [-0.1, -0.05) is 36.9 Å². The molecule has 150 valence electrons. The van der Waals surface area contributed by atoms with Crippen LogP contribution in [0.1, 0.15) is 6.92 Å². The van der Waals surface area contributed by atoms with Gasteiger partial charge < -0.3 is 4.57 Å². The third-order valence-electron chi connectivity index (χ3n) is 4.39. The zero-order valence-corrected chi connectivity index (χ0v) is 18.0. The second kappa shape index (κ2) is 7.95. The molecular weight excluding hydrogens is 460 g/mol. The number of hydrogen-bond acceptors (Lipinski definition) is 7. The van der Waals surface area contributed by atoms with Gasteiger partial charge in [-0.25, -0.2) is 9.78 Å². The smallest absolute Gasteiger partial charge is 0.312 e. The molecule has 4 rings (SSSR count). The molecular formula is C17H17BrN8O2S. The number of nitrogens with one attached hydrogen (secondary N) is 1. The molecule has 10 nitrogen and oxygen atoms in total. The zero-order chi connectivity index (χ0) is 20.5. The first-order chi connectivity index (χ1) is 14.0. The summed E-state index contributed by atoms with van der Waals surface area (Å²) < 4.78 is 5.30. The van der Waals surface area contributed by atoms with Crippen LogP contribution in [0.15, 0.2) is 49.8 Å². The van der Waals surface area contributed by atoms with Crippen LogP contribution in [0, 0.1) is 5.92 Å². The first-order valence-corrected chi connectivity index (χ1v) is 10.5. The topological polar surface area (TPSA) is 116 Å². The summed E-state index contributed by atoms with van der Waals surface area (Å²) in [5, 5.41) is 12.6. The second-order valence-electron chi connectivity index (χ2n) is 6.61. The summed E-state index contributed by atoms with van der Waals surface area (Å²) in [6.07, 6.45) is 0. The summed E-state index contributed by atoms with van der Waals surface area (Å²) in [5.41, 5.74) is 0.664. The van der Waals surface area contributed by atoms with Crippen molar-refractivity contribution in [2.75, 3.05) is 5.75 Å². The number of imidazole rings is 1. The summed E-state index contributed by atoms with van der Waals surface area (Å²) in [4.78, 5) is 30.8. The van der Waals surface area contributed by atoms with Gasteiger partial charge in [0.1, 0.15) is 0 Å². The van der Waals surface area contributed by atoms with Gasteiger partial charge in [-0.05, 0) is 44.4 Å². The molecule has 0 aliphatic heterocycles. The van der Waals surface area contributed by atoms with Gasteiger partial charge in [-0.2, -0.15) is 4.68 Å². The summed E-state index contributed by atoms with van der Waals surface area (Å²) in [7, 11) is 1.58. The number of para-hydroxylation sites is 1. The van der Waals surface area contributed by atoms with Crippen molar-refractivity contribution < 1.29 is 0 Å². The maximum Gasteiger partial charge on any atom is 0.329 e. The molecule has 12 heteroatoms. The third-order valence-corrected chi connectivity index (χ3v) is 6.25. The Bertz CT molecular complexity index is 1280. The Balaban J connectivity index is 1.54. The lowest BCUT2D eigenvalue weighted by Gasteiger charge is -2.13. The van der Waals surface area contributed by atoms with E-state index in [0.717, 1.165) is 11.4 Å². The van der Waals surface area contributed by atoms with Crippen LogP contribution in [-0.2, 0) is 13.6 Å². The first kappa shape index (κ1) is 19.6. The Morgan fingerprint density at radius 1 is 1.24 bits per heavy atom. The van der Waals surface area contributed by atoms with Crippen molar-refractivity contribution in [1.82, 2.24) is 39.3 Å². The maximum atomic E-state index is 12.3. The van der Waals surface area contributed by atoms with Crippen LogP contribution in [0.25, 0.3) is 16.9 Å². The highest BCUT2D eigenvalue weighted by molar-refractivity contribution is 9.10. The van der Waals surface area contributed by atoms with E-state index in [1.807, 2.05) is 30.3 Å². The molecule has 0 spiro atoms. The molecule has 29 heavy (non-hydrogen) atoms. The molecule has 1 aromatic carbocycles. The lowest BCUT2D eigenvalue weighted by Crippen LogP contribution is -2.29. The predicted molar refractivity (Wildman–Crippen MR) is 112 cm³/mol. The average Bonchev–Trinajstić information content (AvgIpc) is 3.30. The minimum absolute atomic E-state index is 0.172. The number of hydrogen-bond donors (Lipinski definition) is 1. The van der Waals surface area contributed by atoms with Gasteiger partial charge in [0.05, 0.1) is 5.69 Å². The van der Waals surface area contributed by atoms with Gasteiger partial charge >= 0.3 is 5.69 Å². The maximum absolute atomic E-state index is 12.3. The van der Waals surface area contributed by atoms with Crippen LogP contribution >= 0.6 is 27.7 Å². The molecule has 4 aromatic rings. The highest BCUT2D eigenvalue weighted by atomic mass is 79.9. The lowest BCUT2D eigenvalue weighted by atomic mass is 10.2. The van der Waals surface area contributed by atoms with Crippen molar-refractivity contribution in [3.63, 3.8) is 0 Å². The highest BCUT2D eigenvalue weighted by Crippen LogP contribution is 2.23. The summed E-state index contributed by atoms with van der Waals surface area (Å²) in [6, 6.07) is 9.68. The molecule has 3 heterocycles. The monoisotopic (exact) mass is 476 g/mol. The molecule has 0 saturated heterocycles. The van der Waals surface area contributed by atoms with E-state index in [4.69, 9.17) is 0 Å². The lowest BCUT2D eigenvalue weighted by molar-refractivity contribution is 0.531. The molecule has 0 aliphatic rings. The van der Waals surface area contributed by atoms with Crippen molar-refractivity contribution >= 4 is 38.9 Å². The highest BCUT2D eigenvalue weighted by Gasteiger charge is 2.18.